The van der Waals surface area contributed by atoms with E-state index >= 15 is 0 Å². The molecule has 6 nitrogen and oxygen atoms in total. The zero-order chi connectivity index (χ0) is 22.2. The summed E-state index contributed by atoms with van der Waals surface area (Å²) in [6, 6.07) is 16.9. The predicted molar refractivity (Wildman–Crippen MR) is 116 cm³/mol. The van der Waals surface area contributed by atoms with E-state index in [1.54, 1.807) is 52.5 Å². The van der Waals surface area contributed by atoms with Crippen molar-refractivity contribution in [2.45, 2.75) is 18.0 Å². The highest BCUT2D eigenvalue weighted by Crippen LogP contribution is 2.43. The molecule has 32 heavy (non-hydrogen) atoms. The molecule has 1 aromatic heterocycles. The van der Waals surface area contributed by atoms with Gasteiger partial charge in [-0.15, -0.1) is 0 Å². The highest BCUT2D eigenvalue weighted by Gasteiger charge is 2.54. The van der Waals surface area contributed by atoms with E-state index in [0.29, 0.717) is 17.7 Å². The van der Waals surface area contributed by atoms with Gasteiger partial charge in [-0.1, -0.05) is 42.5 Å². The van der Waals surface area contributed by atoms with E-state index in [4.69, 9.17) is 0 Å². The summed E-state index contributed by atoms with van der Waals surface area (Å²) in [4.78, 5) is 32.9. The molecule has 2 saturated heterocycles. The second-order valence-corrected chi connectivity index (χ2v) is 8.17. The van der Waals surface area contributed by atoms with Crippen LogP contribution in [0.4, 0.5) is 4.39 Å². The van der Waals surface area contributed by atoms with E-state index in [9.17, 15) is 19.1 Å². The fourth-order valence-electron chi connectivity index (χ4n) is 4.91. The Balaban J connectivity index is 1.40. The topological polar surface area (TPSA) is 73.7 Å². The number of fused-ring (bicyclic) bond motifs is 1. The van der Waals surface area contributed by atoms with Gasteiger partial charge in [-0.05, 0) is 29.3 Å². The van der Waals surface area contributed by atoms with Gasteiger partial charge in [-0.2, -0.15) is 0 Å². The molecule has 5 rings (SSSR count). The third-order valence-corrected chi connectivity index (χ3v) is 6.45. The van der Waals surface area contributed by atoms with Crippen molar-refractivity contribution in [3.05, 3.63) is 90.0 Å². The van der Waals surface area contributed by atoms with Gasteiger partial charge in [0.2, 0.25) is 5.91 Å². The minimum atomic E-state index is -0.329. The van der Waals surface area contributed by atoms with Gasteiger partial charge in [-0.25, -0.2) is 4.39 Å². The molecule has 2 amide bonds. The van der Waals surface area contributed by atoms with Gasteiger partial charge in [-0.3, -0.25) is 14.6 Å². The molecule has 3 atom stereocenters. The number of aromatic nitrogens is 1. The Morgan fingerprint density at radius 3 is 2.47 bits per heavy atom. The first-order chi connectivity index (χ1) is 15.6. The Hall–Kier alpha value is -3.58. The third kappa shape index (κ3) is 3.35. The van der Waals surface area contributed by atoms with Crippen molar-refractivity contribution in [2.75, 3.05) is 19.7 Å². The molecule has 2 aliphatic rings. The Morgan fingerprint density at radius 2 is 1.78 bits per heavy atom. The average molecular weight is 431 g/mol. The number of carbonyl (C=O) groups is 2. The summed E-state index contributed by atoms with van der Waals surface area (Å²) in [5, 5.41) is 9.97. The van der Waals surface area contributed by atoms with E-state index in [2.05, 4.69) is 4.98 Å². The van der Waals surface area contributed by atoms with Gasteiger partial charge < -0.3 is 14.9 Å². The molecule has 0 radical (unpaired) electrons. The Kier molecular flexibility index (Phi) is 5.19. The molecule has 0 bridgehead atoms. The SMILES string of the molecule is O=C(c1ccncc1)N1CC(=O)N2[C@@H](CO)[C@H](c3ccc(-c4ccccc4F)cc3)[C@@H]2C1. The van der Waals surface area contributed by atoms with Crippen molar-refractivity contribution in [1.82, 2.24) is 14.8 Å². The molecule has 7 heteroatoms. The molecule has 0 aliphatic carbocycles. The fourth-order valence-corrected chi connectivity index (χ4v) is 4.91. The Labute approximate surface area is 184 Å². The van der Waals surface area contributed by atoms with Crippen LogP contribution in [0.2, 0.25) is 0 Å². The highest BCUT2D eigenvalue weighted by molar-refractivity contribution is 5.97. The molecule has 2 fully saturated rings. The molecule has 3 aromatic rings. The first-order valence-corrected chi connectivity index (χ1v) is 10.5. The Bertz CT molecular complexity index is 1150. The standard InChI is InChI=1S/C25H22FN3O3/c26-20-4-2-1-3-19(20)16-5-7-17(8-6-16)24-21-13-28(14-23(31)29(21)22(24)15-30)25(32)18-9-11-27-12-10-18/h1-12,21-22,24,30H,13-15H2/t21-,22-,24+/m0/s1. The predicted octanol–water partition coefficient (Wildman–Crippen LogP) is 2.70. The van der Waals surface area contributed by atoms with Crippen molar-refractivity contribution >= 4 is 11.8 Å². The van der Waals surface area contributed by atoms with E-state index in [1.807, 2.05) is 24.3 Å². The summed E-state index contributed by atoms with van der Waals surface area (Å²) in [5.74, 6) is -0.762. The summed E-state index contributed by atoms with van der Waals surface area (Å²) in [5.41, 5.74) is 2.73. The molecule has 0 saturated carbocycles. The number of hydrogen-bond donors (Lipinski definition) is 1. The molecule has 0 unspecified atom stereocenters. The van der Waals surface area contributed by atoms with Gasteiger partial charge in [0, 0.05) is 36.0 Å². The molecular formula is C25H22FN3O3. The molecule has 1 N–H and O–H groups in total. The van der Waals surface area contributed by atoms with E-state index in [0.717, 1.165) is 11.1 Å². The van der Waals surface area contributed by atoms with Crippen molar-refractivity contribution in [2.24, 2.45) is 0 Å². The number of hydrogen-bond acceptors (Lipinski definition) is 4. The number of pyridine rings is 1. The second kappa shape index (κ2) is 8.16. The van der Waals surface area contributed by atoms with Gasteiger partial charge in [0.05, 0.1) is 18.7 Å². The minimum absolute atomic E-state index is 0.00685. The first-order valence-electron chi connectivity index (χ1n) is 10.5. The smallest absolute Gasteiger partial charge is 0.254 e. The molecule has 3 heterocycles. The van der Waals surface area contributed by atoms with Gasteiger partial charge in [0.25, 0.3) is 5.91 Å². The molecule has 2 aromatic carbocycles. The summed E-state index contributed by atoms with van der Waals surface area (Å²) < 4.78 is 14.1. The van der Waals surface area contributed by atoms with Gasteiger partial charge >= 0.3 is 0 Å². The largest absolute Gasteiger partial charge is 0.394 e. The maximum absolute atomic E-state index is 14.1. The summed E-state index contributed by atoms with van der Waals surface area (Å²) >= 11 is 0. The van der Waals surface area contributed by atoms with Crippen LogP contribution in [0.1, 0.15) is 21.8 Å². The minimum Gasteiger partial charge on any atom is -0.394 e. The molecule has 162 valence electrons. The van der Waals surface area contributed by atoms with Crippen LogP contribution in [0.3, 0.4) is 0 Å². The first kappa shape index (κ1) is 20.3. The summed E-state index contributed by atoms with van der Waals surface area (Å²) in [7, 11) is 0. The van der Waals surface area contributed by atoms with Crippen LogP contribution in [0.5, 0.6) is 0 Å². The normalized spacial score (nSPS) is 22.3. The van der Waals surface area contributed by atoms with Crippen molar-refractivity contribution in [3.8, 4) is 11.1 Å². The lowest BCUT2D eigenvalue weighted by atomic mass is 9.73. The quantitative estimate of drug-likeness (QED) is 0.690. The maximum Gasteiger partial charge on any atom is 0.254 e. The van der Waals surface area contributed by atoms with Crippen molar-refractivity contribution in [3.63, 3.8) is 0 Å². The van der Waals surface area contributed by atoms with E-state index < -0.39 is 0 Å². The summed E-state index contributed by atoms with van der Waals surface area (Å²) in [6.07, 6.45) is 3.10. The number of amides is 2. The third-order valence-electron chi connectivity index (χ3n) is 6.45. The zero-order valence-electron chi connectivity index (χ0n) is 17.3. The van der Waals surface area contributed by atoms with Crippen LogP contribution >= 0.6 is 0 Å². The number of aliphatic hydroxyl groups is 1. The number of carbonyl (C=O) groups excluding carboxylic acids is 2. The van der Waals surface area contributed by atoms with Crippen LogP contribution in [-0.4, -0.2) is 63.5 Å². The fraction of sp³-hybridized carbons (Fsp3) is 0.240. The van der Waals surface area contributed by atoms with Crippen LogP contribution in [0, 0.1) is 5.82 Å². The lowest BCUT2D eigenvalue weighted by molar-refractivity contribution is -0.159. The van der Waals surface area contributed by atoms with Crippen molar-refractivity contribution in [1.29, 1.82) is 0 Å². The maximum atomic E-state index is 14.1. The highest BCUT2D eigenvalue weighted by atomic mass is 19.1. The van der Waals surface area contributed by atoms with Crippen molar-refractivity contribution < 1.29 is 19.1 Å². The van der Waals surface area contributed by atoms with Crippen LogP contribution in [0.25, 0.3) is 11.1 Å². The average Bonchev–Trinajstić information content (AvgIpc) is 2.81. The lowest BCUT2D eigenvalue weighted by Crippen LogP contribution is -2.73. The monoisotopic (exact) mass is 431 g/mol. The molecular weight excluding hydrogens is 409 g/mol. The van der Waals surface area contributed by atoms with E-state index in [1.165, 1.54) is 6.07 Å². The Morgan fingerprint density at radius 1 is 1.06 bits per heavy atom. The van der Waals surface area contributed by atoms with Crippen LogP contribution < -0.4 is 0 Å². The number of nitrogens with zero attached hydrogens (tertiary/aromatic N) is 3. The summed E-state index contributed by atoms with van der Waals surface area (Å²) in [6.45, 7) is 0.233. The number of benzene rings is 2. The number of aliphatic hydroxyl groups excluding tert-OH is 1. The number of piperazine rings is 1. The van der Waals surface area contributed by atoms with Gasteiger partial charge in [0.1, 0.15) is 12.4 Å². The molecule has 0 spiro atoms. The second-order valence-electron chi connectivity index (χ2n) is 8.17. The van der Waals surface area contributed by atoms with Crippen LogP contribution in [0.15, 0.2) is 73.1 Å². The van der Waals surface area contributed by atoms with E-state index in [-0.39, 0.29) is 48.8 Å². The molecule has 2 aliphatic heterocycles. The van der Waals surface area contributed by atoms with Crippen LogP contribution in [-0.2, 0) is 4.79 Å². The zero-order valence-corrected chi connectivity index (χ0v) is 17.3. The number of halogens is 1. The lowest BCUT2D eigenvalue weighted by Gasteiger charge is -2.58. The van der Waals surface area contributed by atoms with Gasteiger partial charge in [0.15, 0.2) is 0 Å². The number of rotatable bonds is 4.